The number of carboxylic acids is 1. The number of benzene rings is 2. The lowest BCUT2D eigenvalue weighted by Crippen LogP contribution is -2.38. The van der Waals surface area contributed by atoms with Crippen LogP contribution in [0.3, 0.4) is 0 Å². The Morgan fingerprint density at radius 2 is 1.58 bits per heavy atom. The molecule has 3 N–H and O–H groups in total. The highest BCUT2D eigenvalue weighted by Gasteiger charge is 2.16. The molecule has 1 aliphatic carbocycles. The first kappa shape index (κ1) is 17.7. The molecule has 1 unspecified atom stereocenters. The summed E-state index contributed by atoms with van der Waals surface area (Å²) < 4.78 is 0. The van der Waals surface area contributed by atoms with E-state index >= 15 is 0 Å². The van der Waals surface area contributed by atoms with Crippen LogP contribution in [-0.2, 0) is 17.6 Å². The molecule has 0 saturated carbocycles. The Morgan fingerprint density at radius 1 is 0.923 bits per heavy atom. The largest absolute Gasteiger partial charge is 0.480 e. The maximum atomic E-state index is 12.4. The lowest BCUT2D eigenvalue weighted by Gasteiger charge is -2.10. The van der Waals surface area contributed by atoms with Crippen LogP contribution in [0.1, 0.15) is 45.2 Å². The molecule has 134 valence electrons. The molecule has 2 aromatic carbocycles. The minimum absolute atomic E-state index is 0.198. The number of anilines is 1. The number of carbonyl (C=O) groups excluding carboxylic acids is 2. The van der Waals surface area contributed by atoms with E-state index in [9.17, 15) is 14.4 Å². The molecule has 6 heteroatoms. The van der Waals surface area contributed by atoms with E-state index in [0.29, 0.717) is 16.8 Å². The van der Waals surface area contributed by atoms with Crippen molar-refractivity contribution in [1.29, 1.82) is 0 Å². The van der Waals surface area contributed by atoms with Gasteiger partial charge in [0.05, 0.1) is 0 Å². The lowest BCUT2D eigenvalue weighted by atomic mass is 10.1. The number of aryl methyl sites for hydroxylation is 2. The number of hydrogen-bond acceptors (Lipinski definition) is 3. The molecule has 3 rings (SSSR count). The van der Waals surface area contributed by atoms with Crippen LogP contribution in [0, 0.1) is 0 Å². The van der Waals surface area contributed by atoms with E-state index in [4.69, 9.17) is 5.11 Å². The van der Waals surface area contributed by atoms with Crippen molar-refractivity contribution in [3.8, 4) is 0 Å². The quantitative estimate of drug-likeness (QED) is 0.771. The summed E-state index contributed by atoms with van der Waals surface area (Å²) >= 11 is 0. The van der Waals surface area contributed by atoms with E-state index in [1.807, 2.05) is 18.2 Å². The summed E-state index contributed by atoms with van der Waals surface area (Å²) in [6.45, 7) is 1.39. The average molecular weight is 352 g/mol. The van der Waals surface area contributed by atoms with Gasteiger partial charge in [0.2, 0.25) is 0 Å². The molecule has 2 amide bonds. The van der Waals surface area contributed by atoms with Crippen LogP contribution in [0.25, 0.3) is 0 Å². The standard InChI is InChI=1S/C20H20N2O4/c1-12(20(25)26)21-18(23)14-7-9-17(10-8-14)22-19(24)16-6-5-13-3-2-4-15(13)11-16/h5-12H,2-4H2,1H3,(H,21,23)(H,22,24)(H,25,26). The van der Waals surface area contributed by atoms with Gasteiger partial charge in [0.15, 0.2) is 0 Å². The highest BCUT2D eigenvalue weighted by molar-refractivity contribution is 6.05. The Balaban J connectivity index is 1.64. The number of carboxylic acid groups (broad SMARTS) is 1. The molecule has 0 bridgehead atoms. The number of fused-ring (bicyclic) bond motifs is 1. The van der Waals surface area contributed by atoms with Crippen molar-refractivity contribution in [2.45, 2.75) is 32.2 Å². The fraction of sp³-hybridized carbons (Fsp3) is 0.250. The summed E-state index contributed by atoms with van der Waals surface area (Å²) in [6.07, 6.45) is 3.21. The van der Waals surface area contributed by atoms with Crippen LogP contribution in [0.15, 0.2) is 42.5 Å². The molecule has 1 atom stereocenters. The summed E-state index contributed by atoms with van der Waals surface area (Å²) in [7, 11) is 0. The third kappa shape index (κ3) is 3.91. The SMILES string of the molecule is CC(NC(=O)c1ccc(NC(=O)c2ccc3c(c2)CCC3)cc1)C(=O)O. The van der Waals surface area contributed by atoms with E-state index in [2.05, 4.69) is 10.6 Å². The van der Waals surface area contributed by atoms with Crippen molar-refractivity contribution in [2.75, 3.05) is 5.32 Å². The molecule has 26 heavy (non-hydrogen) atoms. The summed E-state index contributed by atoms with van der Waals surface area (Å²) in [4.78, 5) is 35.1. The second-order valence-electron chi connectivity index (χ2n) is 6.40. The first-order valence-electron chi connectivity index (χ1n) is 8.51. The maximum absolute atomic E-state index is 12.4. The van der Waals surface area contributed by atoms with Crippen LogP contribution in [-0.4, -0.2) is 28.9 Å². The second kappa shape index (κ2) is 7.39. The number of carbonyl (C=O) groups is 3. The third-order valence-corrected chi connectivity index (χ3v) is 4.48. The van der Waals surface area contributed by atoms with Crippen LogP contribution < -0.4 is 10.6 Å². The number of hydrogen-bond donors (Lipinski definition) is 3. The highest BCUT2D eigenvalue weighted by atomic mass is 16.4. The predicted molar refractivity (Wildman–Crippen MR) is 97.4 cm³/mol. The van der Waals surface area contributed by atoms with Crippen molar-refractivity contribution >= 4 is 23.5 Å². The van der Waals surface area contributed by atoms with Crippen molar-refractivity contribution in [2.24, 2.45) is 0 Å². The lowest BCUT2D eigenvalue weighted by molar-refractivity contribution is -0.138. The Hall–Kier alpha value is -3.15. The van der Waals surface area contributed by atoms with Gasteiger partial charge < -0.3 is 15.7 Å². The molecule has 0 radical (unpaired) electrons. The smallest absolute Gasteiger partial charge is 0.325 e. The molecular formula is C20H20N2O4. The van der Waals surface area contributed by atoms with Crippen LogP contribution in [0.4, 0.5) is 5.69 Å². The fourth-order valence-corrected chi connectivity index (χ4v) is 2.96. The van der Waals surface area contributed by atoms with Gasteiger partial charge in [-0.05, 0) is 73.7 Å². The van der Waals surface area contributed by atoms with Gasteiger partial charge in [0.1, 0.15) is 6.04 Å². The van der Waals surface area contributed by atoms with Crippen LogP contribution >= 0.6 is 0 Å². The minimum atomic E-state index is -1.10. The molecule has 6 nitrogen and oxygen atoms in total. The van der Waals surface area contributed by atoms with Gasteiger partial charge in [0.25, 0.3) is 11.8 Å². The summed E-state index contributed by atoms with van der Waals surface area (Å²) in [5.74, 6) is -1.77. The summed E-state index contributed by atoms with van der Waals surface area (Å²) in [5.41, 5.74) is 4.06. The predicted octanol–water partition coefficient (Wildman–Crippen LogP) is 2.63. The molecule has 0 spiro atoms. The molecule has 0 saturated heterocycles. The van der Waals surface area contributed by atoms with Crippen LogP contribution in [0.5, 0.6) is 0 Å². The van der Waals surface area contributed by atoms with Crippen molar-refractivity contribution in [3.05, 3.63) is 64.7 Å². The Morgan fingerprint density at radius 3 is 2.27 bits per heavy atom. The van der Waals surface area contributed by atoms with Gasteiger partial charge >= 0.3 is 5.97 Å². The van der Waals surface area contributed by atoms with Crippen molar-refractivity contribution in [1.82, 2.24) is 5.32 Å². The Bertz CT molecular complexity index is 859. The summed E-state index contributed by atoms with van der Waals surface area (Å²) in [6, 6.07) is 11.1. The van der Waals surface area contributed by atoms with E-state index in [-0.39, 0.29) is 5.91 Å². The molecule has 1 aliphatic rings. The zero-order valence-electron chi connectivity index (χ0n) is 14.4. The van der Waals surface area contributed by atoms with Crippen molar-refractivity contribution in [3.63, 3.8) is 0 Å². The third-order valence-electron chi connectivity index (χ3n) is 4.48. The number of nitrogens with one attached hydrogen (secondary N) is 2. The zero-order chi connectivity index (χ0) is 18.7. The van der Waals surface area contributed by atoms with Gasteiger partial charge in [-0.15, -0.1) is 0 Å². The zero-order valence-corrected chi connectivity index (χ0v) is 14.4. The van der Waals surface area contributed by atoms with Gasteiger partial charge in [-0.3, -0.25) is 14.4 Å². The number of amides is 2. The van der Waals surface area contributed by atoms with Gasteiger partial charge in [-0.2, -0.15) is 0 Å². The fourth-order valence-electron chi connectivity index (χ4n) is 2.96. The minimum Gasteiger partial charge on any atom is -0.480 e. The molecular weight excluding hydrogens is 332 g/mol. The van der Waals surface area contributed by atoms with Crippen LogP contribution in [0.2, 0.25) is 0 Å². The monoisotopic (exact) mass is 352 g/mol. The highest BCUT2D eigenvalue weighted by Crippen LogP contribution is 2.23. The molecule has 0 heterocycles. The van der Waals surface area contributed by atoms with Crippen molar-refractivity contribution < 1.29 is 19.5 Å². The van der Waals surface area contributed by atoms with Gasteiger partial charge in [-0.25, -0.2) is 0 Å². The second-order valence-corrected chi connectivity index (χ2v) is 6.40. The van der Waals surface area contributed by atoms with Gasteiger partial charge in [0, 0.05) is 16.8 Å². The van der Waals surface area contributed by atoms with Gasteiger partial charge in [-0.1, -0.05) is 6.07 Å². The van der Waals surface area contributed by atoms with E-state index in [1.54, 1.807) is 24.3 Å². The summed E-state index contributed by atoms with van der Waals surface area (Å²) in [5, 5.41) is 14.0. The molecule has 0 fully saturated rings. The Labute approximate surface area is 151 Å². The maximum Gasteiger partial charge on any atom is 0.325 e. The Kier molecular flexibility index (Phi) is 5.02. The number of rotatable bonds is 5. The topological polar surface area (TPSA) is 95.5 Å². The number of aliphatic carboxylic acids is 1. The first-order valence-corrected chi connectivity index (χ1v) is 8.51. The average Bonchev–Trinajstić information content (AvgIpc) is 3.09. The van der Waals surface area contributed by atoms with E-state index < -0.39 is 17.9 Å². The van der Waals surface area contributed by atoms with E-state index in [1.165, 1.54) is 18.1 Å². The molecule has 0 aliphatic heterocycles. The first-order chi connectivity index (χ1) is 12.4. The molecule has 0 aromatic heterocycles. The normalized spacial score (nSPS) is 13.6. The molecule has 2 aromatic rings. The van der Waals surface area contributed by atoms with E-state index in [0.717, 1.165) is 19.3 Å².